The number of carboxylic acid groups (broad SMARTS) is 1. The summed E-state index contributed by atoms with van der Waals surface area (Å²) in [5.41, 5.74) is 1.13. The van der Waals surface area contributed by atoms with Gasteiger partial charge in [-0.3, -0.25) is 9.59 Å². The second kappa shape index (κ2) is 7.38. The molecule has 0 unspecified atom stereocenters. The third-order valence-corrected chi connectivity index (χ3v) is 4.49. The monoisotopic (exact) mass is 343 g/mol. The molecule has 0 saturated carbocycles. The van der Waals surface area contributed by atoms with Crippen molar-refractivity contribution in [2.75, 3.05) is 20.2 Å². The number of hydrogen-bond acceptors (Lipinski definition) is 4. The summed E-state index contributed by atoms with van der Waals surface area (Å²) < 4.78 is 6.95. The van der Waals surface area contributed by atoms with Gasteiger partial charge in [-0.15, -0.1) is 0 Å². The number of amides is 1. The molecule has 2 heterocycles. The average Bonchev–Trinajstić information content (AvgIpc) is 3.06. The van der Waals surface area contributed by atoms with Crippen LogP contribution in [0, 0.1) is 5.92 Å². The largest absolute Gasteiger partial charge is 0.493 e. The standard InChI is InChI=1S/C18H21N3O4/c1-25-15-12-21(14-5-3-2-4-6-14)19-17(15)18(24)20-9-7-13(8-10-20)11-16(22)23/h2-6,12-13H,7-11H2,1H3,(H,22,23). The molecule has 132 valence electrons. The third kappa shape index (κ3) is 3.81. The van der Waals surface area contributed by atoms with Crippen LogP contribution in [0.1, 0.15) is 29.8 Å². The summed E-state index contributed by atoms with van der Waals surface area (Å²) in [6, 6.07) is 9.52. The van der Waals surface area contributed by atoms with E-state index >= 15 is 0 Å². The lowest BCUT2D eigenvalue weighted by molar-refractivity contribution is -0.138. The Morgan fingerprint density at radius 1 is 1.24 bits per heavy atom. The molecule has 1 fully saturated rings. The van der Waals surface area contributed by atoms with Crippen LogP contribution in [-0.4, -0.2) is 51.9 Å². The second-order valence-electron chi connectivity index (χ2n) is 6.16. The molecule has 1 N–H and O–H groups in total. The molecule has 1 aliphatic rings. The van der Waals surface area contributed by atoms with Crippen LogP contribution in [0.3, 0.4) is 0 Å². The Morgan fingerprint density at radius 2 is 1.92 bits per heavy atom. The highest BCUT2D eigenvalue weighted by Crippen LogP contribution is 2.25. The van der Waals surface area contributed by atoms with Crippen molar-refractivity contribution in [2.45, 2.75) is 19.3 Å². The number of benzene rings is 1. The Hall–Kier alpha value is -2.83. The zero-order valence-corrected chi connectivity index (χ0v) is 14.1. The number of likely N-dealkylation sites (tertiary alicyclic amines) is 1. The molecule has 1 aromatic heterocycles. The summed E-state index contributed by atoms with van der Waals surface area (Å²) in [5.74, 6) is -0.403. The molecule has 0 radical (unpaired) electrons. The van der Waals surface area contributed by atoms with Gasteiger partial charge in [-0.1, -0.05) is 18.2 Å². The first-order chi connectivity index (χ1) is 12.1. The van der Waals surface area contributed by atoms with Gasteiger partial charge in [-0.05, 0) is 30.9 Å². The maximum atomic E-state index is 12.8. The Morgan fingerprint density at radius 3 is 2.52 bits per heavy atom. The van der Waals surface area contributed by atoms with Gasteiger partial charge >= 0.3 is 5.97 Å². The molecular formula is C18H21N3O4. The van der Waals surface area contributed by atoms with E-state index in [0.29, 0.717) is 31.7 Å². The van der Waals surface area contributed by atoms with E-state index in [2.05, 4.69) is 5.10 Å². The topological polar surface area (TPSA) is 84.7 Å². The molecule has 25 heavy (non-hydrogen) atoms. The predicted molar refractivity (Wildman–Crippen MR) is 91.0 cm³/mol. The first kappa shape index (κ1) is 17.0. The summed E-state index contributed by atoms with van der Waals surface area (Å²) in [7, 11) is 1.52. The van der Waals surface area contributed by atoms with Gasteiger partial charge in [0.1, 0.15) is 0 Å². The maximum Gasteiger partial charge on any atom is 0.303 e. The summed E-state index contributed by atoms with van der Waals surface area (Å²) in [4.78, 5) is 25.3. The minimum absolute atomic E-state index is 0.130. The number of aromatic nitrogens is 2. The van der Waals surface area contributed by atoms with Gasteiger partial charge in [0.05, 0.1) is 19.0 Å². The van der Waals surface area contributed by atoms with Crippen molar-refractivity contribution in [2.24, 2.45) is 5.92 Å². The molecule has 1 amide bonds. The maximum absolute atomic E-state index is 12.8. The smallest absolute Gasteiger partial charge is 0.303 e. The SMILES string of the molecule is COc1cn(-c2ccccc2)nc1C(=O)N1CCC(CC(=O)O)CC1. The van der Waals surface area contributed by atoms with E-state index in [-0.39, 0.29) is 23.9 Å². The molecule has 1 saturated heterocycles. The Labute approximate surface area is 145 Å². The van der Waals surface area contributed by atoms with Crippen molar-refractivity contribution >= 4 is 11.9 Å². The number of methoxy groups -OCH3 is 1. The third-order valence-electron chi connectivity index (χ3n) is 4.49. The molecule has 0 aliphatic carbocycles. The Balaban J connectivity index is 1.74. The number of carbonyl (C=O) groups excluding carboxylic acids is 1. The van der Waals surface area contributed by atoms with E-state index in [1.165, 1.54) is 7.11 Å². The van der Waals surface area contributed by atoms with Crippen LogP contribution < -0.4 is 4.74 Å². The minimum Gasteiger partial charge on any atom is -0.493 e. The molecule has 0 spiro atoms. The van der Waals surface area contributed by atoms with Crippen LogP contribution >= 0.6 is 0 Å². The second-order valence-corrected chi connectivity index (χ2v) is 6.16. The van der Waals surface area contributed by atoms with Gasteiger partial charge in [0.2, 0.25) is 0 Å². The number of para-hydroxylation sites is 1. The van der Waals surface area contributed by atoms with Crippen molar-refractivity contribution in [3.05, 3.63) is 42.2 Å². The molecule has 0 atom stereocenters. The fourth-order valence-electron chi connectivity index (χ4n) is 3.11. The molecular weight excluding hydrogens is 322 g/mol. The van der Waals surface area contributed by atoms with Crippen LogP contribution in [0.5, 0.6) is 5.75 Å². The van der Waals surface area contributed by atoms with E-state index in [9.17, 15) is 9.59 Å². The van der Waals surface area contributed by atoms with Gasteiger partial charge < -0.3 is 14.7 Å². The van der Waals surface area contributed by atoms with Crippen molar-refractivity contribution in [1.82, 2.24) is 14.7 Å². The molecule has 7 nitrogen and oxygen atoms in total. The first-order valence-electron chi connectivity index (χ1n) is 8.28. The number of nitrogens with zero attached hydrogens (tertiary/aromatic N) is 3. The quantitative estimate of drug-likeness (QED) is 0.900. The molecule has 2 aromatic rings. The Bertz CT molecular complexity index is 749. The summed E-state index contributed by atoms with van der Waals surface area (Å²) in [6.07, 6.45) is 3.24. The molecule has 1 aliphatic heterocycles. The lowest BCUT2D eigenvalue weighted by atomic mass is 9.93. The van der Waals surface area contributed by atoms with Crippen molar-refractivity contribution < 1.29 is 19.4 Å². The van der Waals surface area contributed by atoms with Crippen LogP contribution in [0.25, 0.3) is 5.69 Å². The van der Waals surface area contributed by atoms with Crippen molar-refractivity contribution in [1.29, 1.82) is 0 Å². The van der Waals surface area contributed by atoms with E-state index < -0.39 is 5.97 Å². The number of rotatable bonds is 5. The van der Waals surface area contributed by atoms with Gasteiger partial charge in [0.25, 0.3) is 5.91 Å². The minimum atomic E-state index is -0.784. The lowest BCUT2D eigenvalue weighted by Gasteiger charge is -2.30. The summed E-state index contributed by atoms with van der Waals surface area (Å²) in [5, 5.41) is 13.3. The summed E-state index contributed by atoms with van der Waals surface area (Å²) in [6.45, 7) is 1.08. The highest BCUT2D eigenvalue weighted by Gasteiger charge is 2.28. The molecule has 0 bridgehead atoms. The lowest BCUT2D eigenvalue weighted by Crippen LogP contribution is -2.39. The van der Waals surface area contributed by atoms with Crippen molar-refractivity contribution in [3.8, 4) is 11.4 Å². The van der Waals surface area contributed by atoms with Crippen LogP contribution in [0.2, 0.25) is 0 Å². The zero-order chi connectivity index (χ0) is 17.8. The van der Waals surface area contributed by atoms with Crippen LogP contribution in [-0.2, 0) is 4.79 Å². The number of piperidine rings is 1. The molecule has 1 aromatic carbocycles. The number of aliphatic carboxylic acids is 1. The average molecular weight is 343 g/mol. The van der Waals surface area contributed by atoms with Gasteiger partial charge in [0, 0.05) is 19.5 Å². The number of ether oxygens (including phenoxy) is 1. The first-order valence-corrected chi connectivity index (χ1v) is 8.28. The van der Waals surface area contributed by atoms with Crippen LogP contribution in [0.15, 0.2) is 36.5 Å². The fourth-order valence-corrected chi connectivity index (χ4v) is 3.11. The van der Waals surface area contributed by atoms with Crippen molar-refractivity contribution in [3.63, 3.8) is 0 Å². The highest BCUT2D eigenvalue weighted by atomic mass is 16.5. The van der Waals surface area contributed by atoms with E-state index in [1.54, 1.807) is 15.8 Å². The zero-order valence-electron chi connectivity index (χ0n) is 14.1. The fraction of sp³-hybridized carbons (Fsp3) is 0.389. The van der Waals surface area contributed by atoms with E-state index in [1.807, 2.05) is 30.3 Å². The van der Waals surface area contributed by atoms with Gasteiger partial charge in [-0.25, -0.2) is 4.68 Å². The highest BCUT2D eigenvalue weighted by molar-refractivity contribution is 5.95. The number of carbonyl (C=O) groups is 2. The van der Waals surface area contributed by atoms with Crippen LogP contribution in [0.4, 0.5) is 0 Å². The van der Waals surface area contributed by atoms with E-state index in [0.717, 1.165) is 5.69 Å². The molecule has 3 rings (SSSR count). The Kier molecular flexibility index (Phi) is 5.02. The normalized spacial score (nSPS) is 15.2. The number of carboxylic acids is 1. The summed E-state index contributed by atoms with van der Waals surface area (Å²) >= 11 is 0. The van der Waals surface area contributed by atoms with Gasteiger partial charge in [-0.2, -0.15) is 5.10 Å². The van der Waals surface area contributed by atoms with E-state index in [4.69, 9.17) is 9.84 Å². The number of hydrogen-bond donors (Lipinski definition) is 1. The molecule has 7 heteroatoms. The van der Waals surface area contributed by atoms with Gasteiger partial charge in [0.15, 0.2) is 11.4 Å². The predicted octanol–water partition coefficient (Wildman–Crippen LogP) is 2.21.